The number of para-hydroxylation sites is 1. The van der Waals surface area contributed by atoms with Gasteiger partial charge in [0.15, 0.2) is 6.61 Å². The molecule has 0 spiro atoms. The predicted octanol–water partition coefficient (Wildman–Crippen LogP) is 7.52. The van der Waals surface area contributed by atoms with Crippen LogP contribution in [0.1, 0.15) is 43.5 Å². The van der Waals surface area contributed by atoms with E-state index >= 15 is 0 Å². The van der Waals surface area contributed by atoms with Gasteiger partial charge in [-0.3, -0.25) is 9.36 Å². The lowest BCUT2D eigenvalue weighted by atomic mass is 9.98. The van der Waals surface area contributed by atoms with Gasteiger partial charge < -0.3 is 4.74 Å². The molecule has 3 aromatic carbocycles. The van der Waals surface area contributed by atoms with Crippen LogP contribution in [-0.4, -0.2) is 17.1 Å². The second-order valence-corrected chi connectivity index (χ2v) is 8.71. The molecule has 0 fully saturated rings. The standard InChI is InChI=1S/C27H25BrN2O2/c1-3-4-5-9-23-22-8-6-7-10-24(22)30(18(2)31)27(23)20-11-13-21-19(17-20)12-14-25(26(21)28)32-16-15-29/h6-8,10-14,17H,3-5,9,16H2,1-2H3. The Balaban J connectivity index is 1.91. The number of benzene rings is 3. The first-order valence-electron chi connectivity index (χ1n) is 10.9. The van der Waals surface area contributed by atoms with Crippen molar-refractivity contribution in [2.45, 2.75) is 39.5 Å². The normalized spacial score (nSPS) is 11.1. The molecule has 0 saturated carbocycles. The van der Waals surface area contributed by atoms with Crippen molar-refractivity contribution in [2.24, 2.45) is 0 Å². The molecule has 0 aliphatic rings. The quantitative estimate of drug-likeness (QED) is 0.252. The average molecular weight is 489 g/mol. The van der Waals surface area contributed by atoms with Crippen LogP contribution in [0.15, 0.2) is 59.1 Å². The van der Waals surface area contributed by atoms with Gasteiger partial charge in [-0.05, 0) is 68.9 Å². The fraction of sp³-hybridized carbons (Fsp3) is 0.259. The van der Waals surface area contributed by atoms with Gasteiger partial charge in [-0.1, -0.05) is 56.2 Å². The Bertz CT molecular complexity index is 1350. The van der Waals surface area contributed by atoms with Crippen molar-refractivity contribution in [3.63, 3.8) is 0 Å². The number of aromatic nitrogens is 1. The van der Waals surface area contributed by atoms with Gasteiger partial charge in [0.1, 0.15) is 11.8 Å². The molecule has 0 amide bonds. The fourth-order valence-electron chi connectivity index (χ4n) is 4.38. The van der Waals surface area contributed by atoms with Crippen LogP contribution in [0.3, 0.4) is 0 Å². The number of carbonyl (C=O) groups excluding carboxylic acids is 1. The number of rotatable bonds is 7. The number of nitriles is 1. The minimum Gasteiger partial charge on any atom is -0.478 e. The van der Waals surface area contributed by atoms with Gasteiger partial charge in [-0.25, -0.2) is 0 Å². The molecule has 0 radical (unpaired) electrons. The molecule has 0 bridgehead atoms. The van der Waals surface area contributed by atoms with Crippen LogP contribution < -0.4 is 4.74 Å². The van der Waals surface area contributed by atoms with Gasteiger partial charge in [0.25, 0.3) is 0 Å². The third-order valence-electron chi connectivity index (χ3n) is 5.81. The number of nitrogens with zero attached hydrogens (tertiary/aromatic N) is 2. The molecule has 0 unspecified atom stereocenters. The highest BCUT2D eigenvalue weighted by Crippen LogP contribution is 2.39. The first-order valence-corrected chi connectivity index (χ1v) is 11.7. The van der Waals surface area contributed by atoms with Crippen molar-refractivity contribution >= 4 is 43.5 Å². The van der Waals surface area contributed by atoms with Crippen LogP contribution in [0.5, 0.6) is 5.75 Å². The summed E-state index contributed by atoms with van der Waals surface area (Å²) in [7, 11) is 0. The molecule has 162 valence electrons. The van der Waals surface area contributed by atoms with Crippen LogP contribution in [0.4, 0.5) is 0 Å². The van der Waals surface area contributed by atoms with E-state index in [1.54, 1.807) is 6.92 Å². The summed E-state index contributed by atoms with van der Waals surface area (Å²) in [5, 5.41) is 12.0. The van der Waals surface area contributed by atoms with E-state index in [4.69, 9.17) is 10.00 Å². The summed E-state index contributed by atoms with van der Waals surface area (Å²) in [6.45, 7) is 3.83. The van der Waals surface area contributed by atoms with Crippen molar-refractivity contribution in [2.75, 3.05) is 6.61 Å². The molecule has 1 heterocycles. The third-order valence-corrected chi connectivity index (χ3v) is 6.63. The van der Waals surface area contributed by atoms with Gasteiger partial charge >= 0.3 is 0 Å². The molecule has 4 aromatic rings. The molecule has 0 saturated heterocycles. The maximum Gasteiger partial charge on any atom is 0.228 e. The van der Waals surface area contributed by atoms with E-state index in [1.807, 2.05) is 47.0 Å². The summed E-state index contributed by atoms with van der Waals surface area (Å²) in [6.07, 6.45) is 4.34. The van der Waals surface area contributed by atoms with Crippen molar-refractivity contribution in [3.8, 4) is 23.1 Å². The van der Waals surface area contributed by atoms with E-state index in [0.29, 0.717) is 5.75 Å². The Morgan fingerprint density at radius 2 is 1.91 bits per heavy atom. The molecule has 5 heteroatoms. The molecule has 0 aliphatic carbocycles. The summed E-state index contributed by atoms with van der Waals surface area (Å²) in [5.74, 6) is 0.657. The number of fused-ring (bicyclic) bond motifs is 2. The van der Waals surface area contributed by atoms with Crippen molar-refractivity contribution in [3.05, 3.63) is 64.6 Å². The lowest BCUT2D eigenvalue weighted by molar-refractivity contribution is 0.0943. The van der Waals surface area contributed by atoms with E-state index in [0.717, 1.165) is 63.1 Å². The lowest BCUT2D eigenvalue weighted by Gasteiger charge is -2.13. The van der Waals surface area contributed by atoms with E-state index in [1.165, 1.54) is 5.56 Å². The zero-order chi connectivity index (χ0) is 22.7. The summed E-state index contributed by atoms with van der Waals surface area (Å²) >= 11 is 3.62. The first kappa shape index (κ1) is 22.1. The van der Waals surface area contributed by atoms with E-state index in [9.17, 15) is 4.79 Å². The van der Waals surface area contributed by atoms with E-state index in [-0.39, 0.29) is 12.5 Å². The van der Waals surface area contributed by atoms with Crippen molar-refractivity contribution < 1.29 is 9.53 Å². The third kappa shape index (κ3) is 4.03. The minimum atomic E-state index is 0.00201. The van der Waals surface area contributed by atoms with E-state index in [2.05, 4.69) is 41.1 Å². The van der Waals surface area contributed by atoms with Gasteiger partial charge in [0, 0.05) is 12.3 Å². The maximum atomic E-state index is 12.8. The number of carbonyl (C=O) groups is 1. The molecule has 1 aromatic heterocycles. The highest BCUT2D eigenvalue weighted by molar-refractivity contribution is 9.10. The Morgan fingerprint density at radius 1 is 1.09 bits per heavy atom. The molecular weight excluding hydrogens is 464 g/mol. The number of hydrogen-bond acceptors (Lipinski definition) is 3. The zero-order valence-corrected chi connectivity index (χ0v) is 19.9. The lowest BCUT2D eigenvalue weighted by Crippen LogP contribution is -2.07. The van der Waals surface area contributed by atoms with Gasteiger partial charge in [-0.2, -0.15) is 5.26 Å². The van der Waals surface area contributed by atoms with Gasteiger partial charge in [0.05, 0.1) is 15.7 Å². The number of halogens is 1. The monoisotopic (exact) mass is 488 g/mol. The molecule has 4 rings (SSSR count). The summed E-state index contributed by atoms with van der Waals surface area (Å²) in [4.78, 5) is 12.8. The SMILES string of the molecule is CCCCCc1c(-c2ccc3c(Br)c(OCC#N)ccc3c2)n(C(C)=O)c2ccccc12. The number of aryl methyl sites for hydroxylation is 1. The fourth-order valence-corrected chi connectivity index (χ4v) is 4.99. The smallest absolute Gasteiger partial charge is 0.228 e. The van der Waals surface area contributed by atoms with Crippen LogP contribution in [0.25, 0.3) is 32.9 Å². The van der Waals surface area contributed by atoms with Gasteiger partial charge in [0.2, 0.25) is 5.91 Å². The first-order chi connectivity index (χ1) is 15.6. The van der Waals surface area contributed by atoms with Crippen LogP contribution in [-0.2, 0) is 6.42 Å². The minimum absolute atomic E-state index is 0.00201. The number of hydrogen-bond donors (Lipinski definition) is 0. The Hall–Kier alpha value is -3.10. The number of ether oxygens (including phenoxy) is 1. The summed E-state index contributed by atoms with van der Waals surface area (Å²) < 4.78 is 8.20. The second kappa shape index (κ2) is 9.58. The predicted molar refractivity (Wildman–Crippen MR) is 133 cm³/mol. The maximum absolute atomic E-state index is 12.8. The highest BCUT2D eigenvalue weighted by atomic mass is 79.9. The largest absolute Gasteiger partial charge is 0.478 e. The Morgan fingerprint density at radius 3 is 2.66 bits per heavy atom. The zero-order valence-electron chi connectivity index (χ0n) is 18.3. The molecule has 0 atom stereocenters. The van der Waals surface area contributed by atoms with Crippen molar-refractivity contribution in [1.29, 1.82) is 5.26 Å². The molecule has 0 N–H and O–H groups in total. The van der Waals surface area contributed by atoms with Crippen LogP contribution >= 0.6 is 15.9 Å². The highest BCUT2D eigenvalue weighted by Gasteiger charge is 2.21. The van der Waals surface area contributed by atoms with Crippen LogP contribution in [0.2, 0.25) is 0 Å². The molecule has 4 nitrogen and oxygen atoms in total. The Kier molecular flexibility index (Phi) is 6.62. The Labute approximate surface area is 196 Å². The molecule has 32 heavy (non-hydrogen) atoms. The topological polar surface area (TPSA) is 55.0 Å². The van der Waals surface area contributed by atoms with Crippen LogP contribution in [0, 0.1) is 11.3 Å². The van der Waals surface area contributed by atoms with Gasteiger partial charge in [-0.15, -0.1) is 0 Å². The average Bonchev–Trinajstić information content (AvgIpc) is 3.13. The molecular formula is C27H25BrN2O2. The molecule has 0 aliphatic heterocycles. The van der Waals surface area contributed by atoms with Crippen molar-refractivity contribution in [1.82, 2.24) is 4.57 Å². The number of unbranched alkanes of at least 4 members (excludes halogenated alkanes) is 2. The van der Waals surface area contributed by atoms with E-state index < -0.39 is 0 Å². The summed E-state index contributed by atoms with van der Waals surface area (Å²) in [5.41, 5.74) is 4.20. The second-order valence-electron chi connectivity index (χ2n) is 7.92. The summed E-state index contributed by atoms with van der Waals surface area (Å²) in [6, 6.07) is 20.3.